The molecule has 0 bridgehead atoms. The van der Waals surface area contributed by atoms with Gasteiger partial charge in [-0.2, -0.15) is 10.5 Å². The number of rotatable bonds is 2. The van der Waals surface area contributed by atoms with E-state index in [0.29, 0.717) is 6.42 Å². The van der Waals surface area contributed by atoms with E-state index in [1.807, 2.05) is 55.5 Å². The Hall–Kier alpha value is -1.62. The van der Waals surface area contributed by atoms with E-state index in [1.54, 1.807) is 0 Å². The Bertz CT molecular complexity index is 634. The molecule has 2 aromatic rings. The molecular weight excluding hydrogens is 392 g/mol. The Balaban J connectivity index is 0.000000211. The minimum absolute atomic E-state index is 0.0110. The summed E-state index contributed by atoms with van der Waals surface area (Å²) in [6, 6.07) is 19.8. The zero-order valence-corrected chi connectivity index (χ0v) is 14.7. The molecule has 0 fully saturated rings. The van der Waals surface area contributed by atoms with Gasteiger partial charge in [-0.05, 0) is 42.3 Å². The third-order valence-electron chi connectivity index (χ3n) is 2.76. The molecule has 0 saturated carbocycles. The van der Waals surface area contributed by atoms with Gasteiger partial charge in [0, 0.05) is 8.95 Å². The standard InChI is InChI=1S/C9H8BrN.C8H6BrN/c1-7(6-11)8-2-4-9(10)5-3-8;9-8-3-1-7(2-4-8)5-6-10/h2-5,7H,1H3;1-4H,5H2. The first-order valence-corrected chi connectivity index (χ1v) is 7.92. The Labute approximate surface area is 142 Å². The van der Waals surface area contributed by atoms with Crippen LogP contribution in [-0.4, -0.2) is 0 Å². The van der Waals surface area contributed by atoms with Crippen LogP contribution in [0.1, 0.15) is 24.0 Å². The fraction of sp³-hybridized carbons (Fsp3) is 0.176. The molecule has 4 heteroatoms. The molecule has 1 atom stereocenters. The Morgan fingerprint density at radius 3 is 1.81 bits per heavy atom. The molecule has 21 heavy (non-hydrogen) atoms. The van der Waals surface area contributed by atoms with Crippen LogP contribution in [0.15, 0.2) is 57.5 Å². The summed E-state index contributed by atoms with van der Waals surface area (Å²) in [6.45, 7) is 1.89. The first kappa shape index (κ1) is 17.4. The van der Waals surface area contributed by atoms with Crippen LogP contribution in [-0.2, 0) is 6.42 Å². The monoisotopic (exact) mass is 404 g/mol. The average molecular weight is 406 g/mol. The summed E-state index contributed by atoms with van der Waals surface area (Å²) >= 11 is 6.65. The number of nitriles is 2. The smallest absolute Gasteiger partial charge is 0.0700 e. The molecule has 1 unspecified atom stereocenters. The Morgan fingerprint density at radius 2 is 1.38 bits per heavy atom. The third kappa shape index (κ3) is 6.58. The summed E-state index contributed by atoms with van der Waals surface area (Å²) < 4.78 is 2.10. The molecule has 0 saturated heterocycles. The molecule has 0 N–H and O–H groups in total. The van der Waals surface area contributed by atoms with Crippen molar-refractivity contribution in [3.8, 4) is 12.1 Å². The van der Waals surface area contributed by atoms with Crippen molar-refractivity contribution in [2.24, 2.45) is 0 Å². The number of hydrogen-bond donors (Lipinski definition) is 0. The predicted octanol–water partition coefficient (Wildman–Crippen LogP) is 5.59. The van der Waals surface area contributed by atoms with E-state index in [2.05, 4.69) is 44.0 Å². The third-order valence-corrected chi connectivity index (χ3v) is 3.82. The molecule has 0 aliphatic rings. The maximum Gasteiger partial charge on any atom is 0.0700 e. The van der Waals surface area contributed by atoms with Crippen molar-refractivity contribution in [3.05, 3.63) is 68.6 Å². The number of nitrogens with zero attached hydrogens (tertiary/aromatic N) is 2. The van der Waals surface area contributed by atoms with Gasteiger partial charge in [-0.15, -0.1) is 0 Å². The van der Waals surface area contributed by atoms with Crippen molar-refractivity contribution in [1.82, 2.24) is 0 Å². The van der Waals surface area contributed by atoms with Crippen LogP contribution in [0.5, 0.6) is 0 Å². The molecule has 0 spiro atoms. The topological polar surface area (TPSA) is 47.6 Å². The lowest BCUT2D eigenvalue weighted by Crippen LogP contribution is -1.87. The second kappa shape index (κ2) is 9.34. The SMILES string of the molecule is CC(C#N)c1ccc(Br)cc1.N#CCc1ccc(Br)cc1. The van der Waals surface area contributed by atoms with Gasteiger partial charge in [0.05, 0.1) is 24.5 Å². The maximum atomic E-state index is 8.60. The van der Waals surface area contributed by atoms with Crippen molar-refractivity contribution in [3.63, 3.8) is 0 Å². The molecule has 2 aromatic carbocycles. The second-order valence-corrected chi connectivity index (χ2v) is 6.20. The number of hydrogen-bond acceptors (Lipinski definition) is 2. The summed E-state index contributed by atoms with van der Waals surface area (Å²) in [4.78, 5) is 0. The van der Waals surface area contributed by atoms with Gasteiger partial charge in [0.15, 0.2) is 0 Å². The second-order valence-electron chi connectivity index (χ2n) is 4.36. The van der Waals surface area contributed by atoms with E-state index in [9.17, 15) is 0 Å². The van der Waals surface area contributed by atoms with Crippen LogP contribution in [0.2, 0.25) is 0 Å². The molecule has 0 aromatic heterocycles. The van der Waals surface area contributed by atoms with Crippen LogP contribution in [0, 0.1) is 22.7 Å². The van der Waals surface area contributed by atoms with Crippen LogP contribution < -0.4 is 0 Å². The van der Waals surface area contributed by atoms with E-state index in [1.165, 1.54) is 0 Å². The van der Waals surface area contributed by atoms with Gasteiger partial charge in [0.25, 0.3) is 0 Å². The molecule has 106 valence electrons. The molecule has 0 aliphatic heterocycles. The zero-order chi connectivity index (χ0) is 15.7. The Kier molecular flexibility index (Phi) is 7.75. The van der Waals surface area contributed by atoms with Crippen molar-refractivity contribution < 1.29 is 0 Å². The van der Waals surface area contributed by atoms with Gasteiger partial charge >= 0.3 is 0 Å². The van der Waals surface area contributed by atoms with Crippen molar-refractivity contribution >= 4 is 31.9 Å². The van der Waals surface area contributed by atoms with E-state index >= 15 is 0 Å². The fourth-order valence-electron chi connectivity index (χ4n) is 1.52. The largest absolute Gasteiger partial charge is 0.198 e. The summed E-state index contributed by atoms with van der Waals surface area (Å²) in [7, 11) is 0. The fourth-order valence-corrected chi connectivity index (χ4v) is 2.05. The zero-order valence-electron chi connectivity index (χ0n) is 11.6. The molecule has 2 rings (SSSR count). The normalized spacial score (nSPS) is 10.5. The Morgan fingerprint density at radius 1 is 0.905 bits per heavy atom. The van der Waals surface area contributed by atoms with Crippen LogP contribution >= 0.6 is 31.9 Å². The molecule has 0 radical (unpaired) electrons. The quantitative estimate of drug-likeness (QED) is 0.653. The summed E-state index contributed by atoms with van der Waals surface area (Å²) in [5.41, 5.74) is 2.13. The van der Waals surface area contributed by atoms with Crippen molar-refractivity contribution in [2.75, 3.05) is 0 Å². The van der Waals surface area contributed by atoms with Crippen molar-refractivity contribution in [1.29, 1.82) is 10.5 Å². The lowest BCUT2D eigenvalue weighted by Gasteiger charge is -2.00. The van der Waals surface area contributed by atoms with Crippen LogP contribution in [0.3, 0.4) is 0 Å². The average Bonchev–Trinajstić information content (AvgIpc) is 2.50. The van der Waals surface area contributed by atoms with Crippen LogP contribution in [0.4, 0.5) is 0 Å². The summed E-state index contributed by atoms with van der Waals surface area (Å²) in [5, 5.41) is 16.9. The van der Waals surface area contributed by atoms with E-state index in [4.69, 9.17) is 10.5 Å². The van der Waals surface area contributed by atoms with Gasteiger partial charge in [-0.25, -0.2) is 0 Å². The lowest BCUT2D eigenvalue weighted by molar-refractivity contribution is 0.981. The number of halogens is 2. The molecule has 0 amide bonds. The van der Waals surface area contributed by atoms with Gasteiger partial charge < -0.3 is 0 Å². The van der Waals surface area contributed by atoms with E-state index in [-0.39, 0.29) is 5.92 Å². The highest BCUT2D eigenvalue weighted by Gasteiger charge is 2.01. The molecular formula is C17H14Br2N2. The minimum Gasteiger partial charge on any atom is -0.198 e. The molecule has 2 nitrogen and oxygen atoms in total. The molecule has 0 heterocycles. The maximum absolute atomic E-state index is 8.60. The first-order chi connectivity index (χ1) is 10.1. The van der Waals surface area contributed by atoms with Crippen LogP contribution in [0.25, 0.3) is 0 Å². The van der Waals surface area contributed by atoms with Crippen molar-refractivity contribution in [2.45, 2.75) is 19.3 Å². The predicted molar refractivity (Wildman–Crippen MR) is 91.6 cm³/mol. The van der Waals surface area contributed by atoms with E-state index in [0.717, 1.165) is 20.1 Å². The highest BCUT2D eigenvalue weighted by molar-refractivity contribution is 9.10. The minimum atomic E-state index is -0.0110. The summed E-state index contributed by atoms with van der Waals surface area (Å²) in [5.74, 6) is -0.0110. The highest BCUT2D eigenvalue weighted by Crippen LogP contribution is 2.17. The van der Waals surface area contributed by atoms with Gasteiger partial charge in [-0.3, -0.25) is 0 Å². The van der Waals surface area contributed by atoms with E-state index < -0.39 is 0 Å². The number of benzene rings is 2. The van der Waals surface area contributed by atoms with Gasteiger partial charge in [-0.1, -0.05) is 56.1 Å². The molecule has 0 aliphatic carbocycles. The summed E-state index contributed by atoms with van der Waals surface area (Å²) in [6.07, 6.45) is 0.493. The first-order valence-electron chi connectivity index (χ1n) is 6.33. The lowest BCUT2D eigenvalue weighted by atomic mass is 10.0. The van der Waals surface area contributed by atoms with Gasteiger partial charge in [0.1, 0.15) is 0 Å². The van der Waals surface area contributed by atoms with Gasteiger partial charge in [0.2, 0.25) is 0 Å². The highest BCUT2D eigenvalue weighted by atomic mass is 79.9.